The van der Waals surface area contributed by atoms with Gasteiger partial charge in [0.05, 0.1) is 0 Å². The quantitative estimate of drug-likeness (QED) is 0.479. The molecule has 2 atom stereocenters. The minimum Gasteiger partial charge on any atom is -0.504 e. The van der Waals surface area contributed by atoms with Gasteiger partial charge in [-0.3, -0.25) is 14.4 Å². The van der Waals surface area contributed by atoms with E-state index >= 15 is 0 Å². The molecule has 2 amide bonds. The van der Waals surface area contributed by atoms with Gasteiger partial charge in [-0.05, 0) is 36.5 Å². The lowest BCUT2D eigenvalue weighted by Gasteiger charge is -2.40. The molecule has 2 aliphatic rings. The van der Waals surface area contributed by atoms with E-state index in [1.807, 2.05) is 0 Å². The van der Waals surface area contributed by atoms with E-state index in [-0.39, 0.29) is 49.1 Å². The lowest BCUT2D eigenvalue weighted by molar-refractivity contribution is -0.150. The number of phenolic OH excluding ortho intramolecular Hbond substituents is 2. The van der Waals surface area contributed by atoms with Gasteiger partial charge < -0.3 is 25.5 Å². The van der Waals surface area contributed by atoms with Crippen LogP contribution in [0.15, 0.2) is 18.2 Å². The van der Waals surface area contributed by atoms with E-state index in [4.69, 9.17) is 5.11 Å². The third-order valence-corrected chi connectivity index (χ3v) is 6.13. The monoisotopic (exact) mass is 418 g/mol. The van der Waals surface area contributed by atoms with Crippen LogP contribution in [0.3, 0.4) is 0 Å². The molecule has 1 aromatic carbocycles. The summed E-state index contributed by atoms with van der Waals surface area (Å²) in [5.74, 6) is -1.50. The Morgan fingerprint density at radius 1 is 1.10 bits per heavy atom. The zero-order valence-electron chi connectivity index (χ0n) is 17.0. The van der Waals surface area contributed by atoms with Crippen molar-refractivity contribution in [2.45, 2.75) is 69.9 Å². The van der Waals surface area contributed by atoms with Gasteiger partial charge in [0, 0.05) is 19.4 Å². The van der Waals surface area contributed by atoms with Crippen molar-refractivity contribution in [2.24, 2.45) is 5.92 Å². The largest absolute Gasteiger partial charge is 0.504 e. The summed E-state index contributed by atoms with van der Waals surface area (Å²) in [5, 5.41) is 31.1. The van der Waals surface area contributed by atoms with Gasteiger partial charge in [0.2, 0.25) is 11.8 Å². The summed E-state index contributed by atoms with van der Waals surface area (Å²) in [6.45, 7) is 0.189. The summed E-state index contributed by atoms with van der Waals surface area (Å²) in [4.78, 5) is 38.6. The maximum atomic E-state index is 13.2. The Balaban J connectivity index is 1.75. The van der Waals surface area contributed by atoms with Crippen molar-refractivity contribution in [1.29, 1.82) is 0 Å². The minimum absolute atomic E-state index is 0.0780. The van der Waals surface area contributed by atoms with Crippen LogP contribution in [0.4, 0.5) is 0 Å². The van der Waals surface area contributed by atoms with Crippen molar-refractivity contribution in [3.63, 3.8) is 0 Å². The highest BCUT2D eigenvalue weighted by Gasteiger charge is 2.41. The summed E-state index contributed by atoms with van der Waals surface area (Å²) in [6.07, 6.45) is 6.62. The number of hydrogen-bond acceptors (Lipinski definition) is 5. The van der Waals surface area contributed by atoms with Gasteiger partial charge >= 0.3 is 5.97 Å². The van der Waals surface area contributed by atoms with Crippen LogP contribution in [-0.2, 0) is 20.8 Å². The van der Waals surface area contributed by atoms with Gasteiger partial charge in [0.25, 0.3) is 0 Å². The lowest BCUT2D eigenvalue weighted by atomic mass is 9.83. The number of nitrogens with zero attached hydrogens (tertiary/aromatic N) is 1. The Hall–Kier alpha value is -2.77. The maximum absolute atomic E-state index is 13.2. The molecule has 1 aromatic rings. The molecular formula is C22H30N2O6. The van der Waals surface area contributed by atoms with Crippen molar-refractivity contribution in [1.82, 2.24) is 10.2 Å². The number of carbonyl (C=O) groups excluding carboxylic acids is 2. The third kappa shape index (κ3) is 5.43. The van der Waals surface area contributed by atoms with Crippen LogP contribution < -0.4 is 5.32 Å². The predicted molar refractivity (Wildman–Crippen MR) is 109 cm³/mol. The van der Waals surface area contributed by atoms with E-state index in [2.05, 4.69) is 5.32 Å². The summed E-state index contributed by atoms with van der Waals surface area (Å²) >= 11 is 0. The van der Waals surface area contributed by atoms with E-state index in [1.165, 1.54) is 23.5 Å². The number of aliphatic carboxylic acids is 1. The standard InChI is InChI=1S/C22H30N2O6/c25-18-9-8-15(13-19(18)26)12-17-21(29)23-16(11-14-5-2-1-3-6-14)22(30)24(17)10-4-7-20(27)28/h8-9,13-14,16-17,25-26H,1-7,10-12H2,(H,23,29)(H,27,28). The molecule has 1 aliphatic carbocycles. The second-order valence-electron chi connectivity index (χ2n) is 8.37. The molecule has 1 saturated heterocycles. The first-order valence-electron chi connectivity index (χ1n) is 10.7. The second-order valence-corrected chi connectivity index (χ2v) is 8.37. The maximum Gasteiger partial charge on any atom is 0.303 e. The number of benzene rings is 1. The molecule has 0 aromatic heterocycles. The fourth-order valence-corrected chi connectivity index (χ4v) is 4.53. The van der Waals surface area contributed by atoms with Crippen LogP contribution >= 0.6 is 0 Å². The zero-order chi connectivity index (χ0) is 21.7. The second kappa shape index (κ2) is 9.82. The molecule has 1 heterocycles. The lowest BCUT2D eigenvalue weighted by Crippen LogP contribution is -2.64. The average molecular weight is 418 g/mol. The number of aromatic hydroxyl groups is 2. The highest BCUT2D eigenvalue weighted by molar-refractivity contribution is 5.97. The highest BCUT2D eigenvalue weighted by Crippen LogP contribution is 2.30. The van der Waals surface area contributed by atoms with Gasteiger partial charge in [-0.15, -0.1) is 0 Å². The predicted octanol–water partition coefficient (Wildman–Crippen LogP) is 2.17. The molecule has 8 heteroatoms. The van der Waals surface area contributed by atoms with Crippen molar-refractivity contribution in [3.05, 3.63) is 23.8 Å². The van der Waals surface area contributed by atoms with Gasteiger partial charge in [-0.1, -0.05) is 38.2 Å². The molecule has 8 nitrogen and oxygen atoms in total. The van der Waals surface area contributed by atoms with E-state index in [0.29, 0.717) is 17.9 Å². The molecule has 0 radical (unpaired) electrons. The first kappa shape index (κ1) is 21.9. The van der Waals surface area contributed by atoms with Gasteiger partial charge in [-0.25, -0.2) is 0 Å². The van der Waals surface area contributed by atoms with Crippen molar-refractivity contribution in [2.75, 3.05) is 6.54 Å². The number of nitrogens with one attached hydrogen (secondary N) is 1. The summed E-state index contributed by atoms with van der Waals surface area (Å²) in [5.41, 5.74) is 0.604. The Morgan fingerprint density at radius 3 is 2.50 bits per heavy atom. The Bertz CT molecular complexity index is 790. The van der Waals surface area contributed by atoms with Crippen LogP contribution in [0.2, 0.25) is 0 Å². The van der Waals surface area contributed by atoms with Crippen molar-refractivity contribution in [3.8, 4) is 11.5 Å². The first-order chi connectivity index (χ1) is 14.3. The molecule has 3 rings (SSSR count). The number of carbonyl (C=O) groups is 3. The average Bonchev–Trinajstić information content (AvgIpc) is 2.71. The van der Waals surface area contributed by atoms with Gasteiger partial charge in [-0.2, -0.15) is 0 Å². The number of amides is 2. The molecule has 4 N–H and O–H groups in total. The molecule has 0 bridgehead atoms. The smallest absolute Gasteiger partial charge is 0.303 e. The van der Waals surface area contributed by atoms with Crippen LogP contribution in [-0.4, -0.2) is 56.6 Å². The normalized spacial score (nSPS) is 22.7. The SMILES string of the molecule is O=C(O)CCCN1C(=O)C(CC2CCCCC2)NC(=O)C1Cc1ccc(O)c(O)c1. The van der Waals surface area contributed by atoms with Crippen LogP contribution in [0.5, 0.6) is 11.5 Å². The van der Waals surface area contributed by atoms with Crippen LogP contribution in [0, 0.1) is 5.92 Å². The number of phenols is 2. The van der Waals surface area contributed by atoms with E-state index < -0.39 is 18.1 Å². The van der Waals surface area contributed by atoms with E-state index in [1.54, 1.807) is 6.07 Å². The van der Waals surface area contributed by atoms with Crippen molar-refractivity contribution >= 4 is 17.8 Å². The molecule has 164 valence electrons. The summed E-state index contributed by atoms with van der Waals surface area (Å²) in [7, 11) is 0. The van der Waals surface area contributed by atoms with E-state index in [0.717, 1.165) is 25.7 Å². The fourth-order valence-electron chi connectivity index (χ4n) is 4.53. The zero-order valence-corrected chi connectivity index (χ0v) is 17.0. The summed E-state index contributed by atoms with van der Waals surface area (Å²) in [6, 6.07) is 2.95. The van der Waals surface area contributed by atoms with Crippen molar-refractivity contribution < 1.29 is 29.7 Å². The molecule has 30 heavy (non-hydrogen) atoms. The van der Waals surface area contributed by atoms with E-state index in [9.17, 15) is 24.6 Å². The fraction of sp³-hybridized carbons (Fsp3) is 0.591. The number of rotatable bonds is 8. The molecule has 1 aliphatic heterocycles. The Labute approximate surface area is 175 Å². The summed E-state index contributed by atoms with van der Waals surface area (Å²) < 4.78 is 0. The molecule has 2 unspecified atom stereocenters. The Morgan fingerprint density at radius 2 is 1.83 bits per heavy atom. The number of piperazine rings is 1. The highest BCUT2D eigenvalue weighted by atomic mass is 16.4. The molecule has 1 saturated carbocycles. The van der Waals surface area contributed by atoms with Gasteiger partial charge in [0.15, 0.2) is 11.5 Å². The van der Waals surface area contributed by atoms with Crippen LogP contribution in [0.25, 0.3) is 0 Å². The number of carboxylic acid groups (broad SMARTS) is 1. The van der Waals surface area contributed by atoms with Crippen LogP contribution in [0.1, 0.15) is 56.9 Å². The molecule has 2 fully saturated rings. The third-order valence-electron chi connectivity index (χ3n) is 6.13. The number of carboxylic acids is 1. The molecular weight excluding hydrogens is 388 g/mol. The first-order valence-corrected chi connectivity index (χ1v) is 10.7. The topological polar surface area (TPSA) is 127 Å². The Kier molecular flexibility index (Phi) is 7.18. The van der Waals surface area contributed by atoms with Gasteiger partial charge in [0.1, 0.15) is 12.1 Å². The minimum atomic E-state index is -0.942. The number of hydrogen-bond donors (Lipinski definition) is 4. The molecule has 0 spiro atoms.